The quantitative estimate of drug-likeness (QED) is 0.409. The van der Waals surface area contributed by atoms with Gasteiger partial charge in [-0.3, -0.25) is 16.0 Å². The lowest BCUT2D eigenvalue weighted by atomic mass is 10.3. The van der Waals surface area contributed by atoms with Gasteiger partial charge in [0.1, 0.15) is 5.69 Å². The fraction of sp³-hybridized carbons (Fsp3) is 0.333. The molecule has 1 aromatic carbocycles. The molecule has 8 nitrogen and oxygen atoms in total. The van der Waals surface area contributed by atoms with Gasteiger partial charge in [0.2, 0.25) is 10.0 Å². The average Bonchev–Trinajstić information content (AvgIpc) is 2.26. The molecule has 1 rings (SSSR count). The van der Waals surface area contributed by atoms with Crippen molar-refractivity contribution in [1.29, 1.82) is 0 Å². The van der Waals surface area contributed by atoms with Gasteiger partial charge in [-0.15, -0.1) is 0 Å². The molecule has 0 unspecified atom stereocenters. The largest absolute Gasteiger partial charge is 0.318 e. The molecule has 0 saturated heterocycles. The molecule has 0 fully saturated rings. The number of nitrogens with one attached hydrogen (secondary N) is 2. The van der Waals surface area contributed by atoms with Crippen LogP contribution in [0.5, 0.6) is 0 Å². The molecular formula is C9H14N4O4S. The Morgan fingerprint density at radius 2 is 2.00 bits per heavy atom. The zero-order valence-electron chi connectivity index (χ0n) is 9.88. The lowest BCUT2D eigenvalue weighted by molar-refractivity contribution is -0.384. The maximum atomic E-state index is 11.8. The van der Waals surface area contributed by atoms with Gasteiger partial charge in [-0.1, -0.05) is 0 Å². The van der Waals surface area contributed by atoms with Crippen molar-refractivity contribution in [3.8, 4) is 0 Å². The highest BCUT2D eigenvalue weighted by molar-refractivity contribution is 7.89. The number of nitrogens with zero attached hydrogens (tertiary/aromatic N) is 1. The second-order valence-corrected chi connectivity index (χ2v) is 5.57. The summed E-state index contributed by atoms with van der Waals surface area (Å²) in [5.41, 5.74) is 1.75. The normalized spacial score (nSPS) is 11.6. The monoisotopic (exact) mass is 274 g/mol. The van der Waals surface area contributed by atoms with Gasteiger partial charge < -0.3 is 5.43 Å². The van der Waals surface area contributed by atoms with Crippen LogP contribution in [0.4, 0.5) is 11.4 Å². The summed E-state index contributed by atoms with van der Waals surface area (Å²) in [5, 5.41) is 10.7. The summed E-state index contributed by atoms with van der Waals surface area (Å²) >= 11 is 0. The highest BCUT2D eigenvalue weighted by Gasteiger charge is 2.20. The molecule has 0 radical (unpaired) electrons. The standard InChI is InChI=1S/C9H14N4O4S/c1-6(2)12-18(16,17)7-3-4-9(13(14)15)8(5-7)11-10/h3-6,11-12H,10H2,1-2H3. The fourth-order valence-corrected chi connectivity index (χ4v) is 2.61. The molecule has 0 saturated carbocycles. The van der Waals surface area contributed by atoms with E-state index in [-0.39, 0.29) is 22.3 Å². The van der Waals surface area contributed by atoms with E-state index in [1.165, 1.54) is 0 Å². The molecule has 0 heterocycles. The molecule has 0 aliphatic carbocycles. The Labute approximate surface area is 104 Å². The van der Waals surface area contributed by atoms with E-state index in [1.807, 2.05) is 0 Å². The minimum Gasteiger partial charge on any atom is -0.318 e. The summed E-state index contributed by atoms with van der Waals surface area (Å²) in [6.07, 6.45) is 0. The SMILES string of the molecule is CC(C)NS(=O)(=O)c1ccc([N+](=O)[O-])c(NN)c1. The Kier molecular flexibility index (Phi) is 4.22. The maximum Gasteiger partial charge on any atom is 0.293 e. The molecule has 1 aromatic rings. The first-order valence-corrected chi connectivity index (χ1v) is 6.53. The van der Waals surface area contributed by atoms with E-state index in [4.69, 9.17) is 5.84 Å². The number of hydrogen-bond acceptors (Lipinski definition) is 6. The highest BCUT2D eigenvalue weighted by atomic mass is 32.2. The first-order chi connectivity index (χ1) is 8.27. The van der Waals surface area contributed by atoms with Crippen molar-refractivity contribution in [2.75, 3.05) is 5.43 Å². The van der Waals surface area contributed by atoms with Crippen molar-refractivity contribution in [2.24, 2.45) is 5.84 Å². The van der Waals surface area contributed by atoms with E-state index in [2.05, 4.69) is 10.1 Å². The second-order valence-electron chi connectivity index (χ2n) is 3.86. The molecule has 0 atom stereocenters. The molecule has 0 spiro atoms. The molecule has 18 heavy (non-hydrogen) atoms. The van der Waals surface area contributed by atoms with E-state index in [0.29, 0.717) is 0 Å². The lowest BCUT2D eigenvalue weighted by Gasteiger charge is -2.10. The van der Waals surface area contributed by atoms with Crippen molar-refractivity contribution in [2.45, 2.75) is 24.8 Å². The molecule has 0 aliphatic rings. The summed E-state index contributed by atoms with van der Waals surface area (Å²) in [6, 6.07) is 3.08. The zero-order chi connectivity index (χ0) is 13.9. The lowest BCUT2D eigenvalue weighted by Crippen LogP contribution is -2.30. The Bertz CT molecular complexity index is 556. The van der Waals surface area contributed by atoms with Crippen LogP contribution < -0.4 is 16.0 Å². The molecule has 0 bridgehead atoms. The smallest absolute Gasteiger partial charge is 0.293 e. The third kappa shape index (κ3) is 3.15. The van der Waals surface area contributed by atoms with Crippen molar-refractivity contribution in [3.05, 3.63) is 28.3 Å². The number of nitro benzene ring substituents is 1. The van der Waals surface area contributed by atoms with Crippen molar-refractivity contribution in [1.82, 2.24) is 4.72 Å². The second kappa shape index (κ2) is 5.29. The zero-order valence-corrected chi connectivity index (χ0v) is 10.7. The number of nitro groups is 1. The number of nitrogen functional groups attached to an aromatic ring is 1. The van der Waals surface area contributed by atoms with E-state index in [1.54, 1.807) is 13.8 Å². The van der Waals surface area contributed by atoms with Crippen LogP contribution in [0.1, 0.15) is 13.8 Å². The molecule has 0 amide bonds. The third-order valence-corrected chi connectivity index (χ3v) is 3.68. The van der Waals surface area contributed by atoms with Crippen LogP contribution in [0.3, 0.4) is 0 Å². The van der Waals surface area contributed by atoms with Gasteiger partial charge in [0, 0.05) is 12.1 Å². The Hall–Kier alpha value is -1.71. The van der Waals surface area contributed by atoms with Crippen LogP contribution in [-0.4, -0.2) is 19.4 Å². The van der Waals surface area contributed by atoms with Crippen molar-refractivity contribution in [3.63, 3.8) is 0 Å². The third-order valence-electron chi connectivity index (χ3n) is 2.02. The number of sulfonamides is 1. The minimum atomic E-state index is -3.70. The average molecular weight is 274 g/mol. The van der Waals surface area contributed by atoms with E-state index < -0.39 is 14.9 Å². The first kappa shape index (κ1) is 14.4. The van der Waals surface area contributed by atoms with Gasteiger partial charge in [0.15, 0.2) is 0 Å². The fourth-order valence-electron chi connectivity index (χ4n) is 1.34. The summed E-state index contributed by atoms with van der Waals surface area (Å²) in [5.74, 6) is 5.13. The van der Waals surface area contributed by atoms with Gasteiger partial charge >= 0.3 is 0 Å². The maximum absolute atomic E-state index is 11.8. The Balaban J connectivity index is 3.25. The Morgan fingerprint density at radius 3 is 2.44 bits per heavy atom. The summed E-state index contributed by atoms with van der Waals surface area (Å²) in [4.78, 5) is 9.92. The topological polar surface area (TPSA) is 127 Å². The van der Waals surface area contributed by atoms with Gasteiger partial charge in [0.25, 0.3) is 5.69 Å². The molecule has 9 heteroatoms. The van der Waals surface area contributed by atoms with Crippen LogP contribution in [0.2, 0.25) is 0 Å². The van der Waals surface area contributed by atoms with Gasteiger partial charge in [-0.25, -0.2) is 13.1 Å². The highest BCUT2D eigenvalue weighted by Crippen LogP contribution is 2.26. The predicted molar refractivity (Wildman–Crippen MR) is 66.4 cm³/mol. The molecule has 4 N–H and O–H groups in total. The Morgan fingerprint density at radius 1 is 1.39 bits per heavy atom. The number of hydrazine groups is 1. The van der Waals surface area contributed by atoms with Crippen LogP contribution in [0.15, 0.2) is 23.1 Å². The van der Waals surface area contributed by atoms with Gasteiger partial charge in [0.05, 0.1) is 9.82 Å². The minimum absolute atomic E-state index is 0.0633. The number of nitrogens with two attached hydrogens (primary N) is 1. The van der Waals surface area contributed by atoms with Crippen LogP contribution in [0.25, 0.3) is 0 Å². The number of benzene rings is 1. The van der Waals surface area contributed by atoms with E-state index in [9.17, 15) is 18.5 Å². The van der Waals surface area contributed by atoms with Crippen LogP contribution in [-0.2, 0) is 10.0 Å². The number of hydrogen-bond donors (Lipinski definition) is 3. The van der Waals surface area contributed by atoms with Crippen molar-refractivity contribution >= 4 is 21.4 Å². The summed E-state index contributed by atoms with van der Waals surface area (Å²) in [7, 11) is -3.70. The van der Waals surface area contributed by atoms with Gasteiger partial charge in [-0.2, -0.15) is 0 Å². The van der Waals surface area contributed by atoms with Gasteiger partial charge in [-0.05, 0) is 26.0 Å². The van der Waals surface area contributed by atoms with Crippen molar-refractivity contribution < 1.29 is 13.3 Å². The first-order valence-electron chi connectivity index (χ1n) is 5.05. The van der Waals surface area contributed by atoms with Crippen LogP contribution in [0, 0.1) is 10.1 Å². The number of anilines is 1. The summed E-state index contributed by atoms with van der Waals surface area (Å²) in [6.45, 7) is 3.34. The van der Waals surface area contributed by atoms with E-state index >= 15 is 0 Å². The molecule has 100 valence electrons. The summed E-state index contributed by atoms with van der Waals surface area (Å²) < 4.78 is 26.1. The van der Waals surface area contributed by atoms with Crippen LogP contribution >= 0.6 is 0 Å². The van der Waals surface area contributed by atoms with E-state index in [0.717, 1.165) is 18.2 Å². The molecule has 0 aromatic heterocycles. The molecular weight excluding hydrogens is 260 g/mol. The predicted octanol–water partition coefficient (Wildman–Crippen LogP) is 0.567. The number of rotatable bonds is 5. The molecule has 0 aliphatic heterocycles.